The minimum absolute atomic E-state index is 0.0505. The van der Waals surface area contributed by atoms with Crippen molar-refractivity contribution in [2.45, 2.75) is 26.5 Å². The van der Waals surface area contributed by atoms with E-state index >= 15 is 0 Å². The van der Waals surface area contributed by atoms with Crippen molar-refractivity contribution in [2.75, 3.05) is 13.2 Å². The van der Waals surface area contributed by atoms with Crippen molar-refractivity contribution in [3.63, 3.8) is 0 Å². The van der Waals surface area contributed by atoms with E-state index in [1.807, 2.05) is 0 Å². The molecule has 0 saturated heterocycles. The SMILES string of the molecule is CCNC(=O)c1c(O)c2c(n(Cc3ccc(F)c(F)c3)c1=O)CCOC2. The van der Waals surface area contributed by atoms with Gasteiger partial charge in [-0.3, -0.25) is 9.59 Å². The van der Waals surface area contributed by atoms with Crippen molar-refractivity contribution in [3.8, 4) is 5.75 Å². The molecule has 1 aliphatic rings. The maximum atomic E-state index is 13.5. The van der Waals surface area contributed by atoms with Gasteiger partial charge in [0.05, 0.1) is 19.8 Å². The van der Waals surface area contributed by atoms with Crippen LogP contribution < -0.4 is 10.9 Å². The lowest BCUT2D eigenvalue weighted by Gasteiger charge is -2.24. The molecule has 0 unspecified atom stereocenters. The van der Waals surface area contributed by atoms with E-state index in [0.717, 1.165) is 12.1 Å². The van der Waals surface area contributed by atoms with Gasteiger partial charge in [-0.2, -0.15) is 0 Å². The number of halogens is 2. The van der Waals surface area contributed by atoms with Gasteiger partial charge in [0, 0.05) is 24.2 Å². The maximum absolute atomic E-state index is 13.5. The molecule has 0 aliphatic carbocycles. The van der Waals surface area contributed by atoms with Crippen LogP contribution in [-0.4, -0.2) is 28.7 Å². The molecule has 2 heterocycles. The number of fused-ring (bicyclic) bond motifs is 1. The van der Waals surface area contributed by atoms with Gasteiger partial charge in [-0.1, -0.05) is 6.07 Å². The number of carbonyl (C=O) groups is 1. The summed E-state index contributed by atoms with van der Waals surface area (Å²) in [5.41, 5.74) is 0.195. The number of ether oxygens (including phenoxy) is 1. The van der Waals surface area contributed by atoms with E-state index in [1.165, 1.54) is 10.6 Å². The lowest BCUT2D eigenvalue weighted by molar-refractivity contribution is 0.0940. The number of benzene rings is 1. The first-order valence-corrected chi connectivity index (χ1v) is 8.21. The van der Waals surface area contributed by atoms with Gasteiger partial charge in [-0.25, -0.2) is 8.78 Å². The van der Waals surface area contributed by atoms with Crippen molar-refractivity contribution >= 4 is 5.91 Å². The molecular weight excluding hydrogens is 346 g/mol. The number of aromatic hydroxyl groups is 1. The van der Waals surface area contributed by atoms with E-state index < -0.39 is 28.9 Å². The average molecular weight is 364 g/mol. The summed E-state index contributed by atoms with van der Waals surface area (Å²) >= 11 is 0. The zero-order chi connectivity index (χ0) is 18.8. The topological polar surface area (TPSA) is 80.6 Å². The highest BCUT2D eigenvalue weighted by molar-refractivity contribution is 5.97. The molecule has 1 aliphatic heterocycles. The Morgan fingerprint density at radius 1 is 1.35 bits per heavy atom. The normalized spacial score (nSPS) is 13.3. The monoisotopic (exact) mass is 364 g/mol. The Kier molecular flexibility index (Phi) is 5.03. The van der Waals surface area contributed by atoms with Gasteiger partial charge in [0.25, 0.3) is 11.5 Å². The molecule has 0 atom stereocenters. The lowest BCUT2D eigenvalue weighted by atomic mass is 10.0. The van der Waals surface area contributed by atoms with Crippen LogP contribution in [-0.2, 0) is 24.3 Å². The highest BCUT2D eigenvalue weighted by atomic mass is 19.2. The van der Waals surface area contributed by atoms with E-state index in [4.69, 9.17) is 4.74 Å². The Balaban J connectivity index is 2.16. The van der Waals surface area contributed by atoms with Crippen LogP contribution in [0, 0.1) is 11.6 Å². The third-order valence-electron chi connectivity index (χ3n) is 4.27. The van der Waals surface area contributed by atoms with Gasteiger partial charge in [0.1, 0.15) is 11.3 Å². The molecule has 6 nitrogen and oxygen atoms in total. The zero-order valence-corrected chi connectivity index (χ0v) is 14.1. The molecule has 0 bridgehead atoms. The number of amides is 1. The number of hydrogen-bond donors (Lipinski definition) is 2. The zero-order valence-electron chi connectivity index (χ0n) is 14.1. The molecule has 0 saturated carbocycles. The summed E-state index contributed by atoms with van der Waals surface area (Å²) < 4.78 is 33.3. The summed E-state index contributed by atoms with van der Waals surface area (Å²) in [5, 5.41) is 12.9. The summed E-state index contributed by atoms with van der Waals surface area (Å²) in [5.74, 6) is -3.08. The summed E-state index contributed by atoms with van der Waals surface area (Å²) in [6, 6.07) is 3.36. The molecule has 1 aromatic carbocycles. The minimum Gasteiger partial charge on any atom is -0.506 e. The number of pyridine rings is 1. The fraction of sp³-hybridized carbons (Fsp3) is 0.333. The first-order valence-electron chi connectivity index (χ1n) is 8.21. The summed E-state index contributed by atoms with van der Waals surface area (Å²) in [4.78, 5) is 25.1. The van der Waals surface area contributed by atoms with Crippen molar-refractivity contribution < 1.29 is 23.4 Å². The van der Waals surface area contributed by atoms with Crippen molar-refractivity contribution in [1.82, 2.24) is 9.88 Å². The molecule has 2 aromatic rings. The van der Waals surface area contributed by atoms with Crippen LogP contribution in [0.1, 0.15) is 34.1 Å². The summed E-state index contributed by atoms with van der Waals surface area (Å²) in [6.45, 7) is 2.34. The molecule has 26 heavy (non-hydrogen) atoms. The van der Waals surface area contributed by atoms with E-state index in [9.17, 15) is 23.5 Å². The van der Waals surface area contributed by atoms with E-state index in [0.29, 0.717) is 29.8 Å². The Bertz CT molecular complexity index is 924. The average Bonchev–Trinajstić information content (AvgIpc) is 2.62. The number of aromatic nitrogens is 1. The molecule has 0 spiro atoms. The van der Waals surface area contributed by atoms with E-state index in [1.54, 1.807) is 6.92 Å². The quantitative estimate of drug-likeness (QED) is 0.865. The lowest BCUT2D eigenvalue weighted by Crippen LogP contribution is -2.37. The van der Waals surface area contributed by atoms with Gasteiger partial charge >= 0.3 is 0 Å². The molecule has 3 rings (SSSR count). The van der Waals surface area contributed by atoms with E-state index in [-0.39, 0.29) is 25.3 Å². The van der Waals surface area contributed by atoms with Gasteiger partial charge in [-0.15, -0.1) is 0 Å². The second kappa shape index (κ2) is 7.25. The molecular formula is C18H18F2N2O4. The van der Waals surface area contributed by atoms with Crippen LogP contribution in [0.15, 0.2) is 23.0 Å². The highest BCUT2D eigenvalue weighted by Gasteiger charge is 2.27. The second-order valence-corrected chi connectivity index (χ2v) is 5.95. The molecule has 1 aromatic heterocycles. The van der Waals surface area contributed by atoms with Crippen LogP contribution in [0.2, 0.25) is 0 Å². The largest absolute Gasteiger partial charge is 0.506 e. The maximum Gasteiger partial charge on any atom is 0.267 e. The van der Waals surface area contributed by atoms with Gasteiger partial charge < -0.3 is 19.7 Å². The Labute approximate surface area is 148 Å². The summed E-state index contributed by atoms with van der Waals surface area (Å²) in [6.07, 6.45) is 0.359. The van der Waals surface area contributed by atoms with Crippen LogP contribution >= 0.6 is 0 Å². The van der Waals surface area contributed by atoms with Crippen LogP contribution in [0.4, 0.5) is 8.78 Å². The number of nitrogens with zero attached hydrogens (tertiary/aromatic N) is 1. The Hall–Kier alpha value is -2.74. The second-order valence-electron chi connectivity index (χ2n) is 5.95. The van der Waals surface area contributed by atoms with Crippen LogP contribution in [0.5, 0.6) is 5.75 Å². The molecule has 0 radical (unpaired) electrons. The van der Waals surface area contributed by atoms with Crippen molar-refractivity contribution in [2.24, 2.45) is 0 Å². The first kappa shape index (κ1) is 18.1. The number of carbonyl (C=O) groups excluding carboxylic acids is 1. The van der Waals surface area contributed by atoms with Gasteiger partial charge in [-0.05, 0) is 24.6 Å². The van der Waals surface area contributed by atoms with Gasteiger partial charge in [0.15, 0.2) is 11.6 Å². The Morgan fingerprint density at radius 2 is 2.12 bits per heavy atom. The van der Waals surface area contributed by atoms with Crippen molar-refractivity contribution in [1.29, 1.82) is 0 Å². The standard InChI is InChI=1S/C18H18F2N2O4/c1-2-21-17(24)15-16(23)11-9-26-6-5-14(11)22(18(15)25)8-10-3-4-12(19)13(20)7-10/h3-4,7,23H,2,5-6,8-9H2,1H3,(H,21,24). The number of nitrogens with one attached hydrogen (secondary N) is 1. The smallest absolute Gasteiger partial charge is 0.267 e. The van der Waals surface area contributed by atoms with Crippen LogP contribution in [0.3, 0.4) is 0 Å². The Morgan fingerprint density at radius 3 is 2.81 bits per heavy atom. The molecule has 8 heteroatoms. The molecule has 2 N–H and O–H groups in total. The predicted molar refractivity (Wildman–Crippen MR) is 89.2 cm³/mol. The van der Waals surface area contributed by atoms with Crippen LogP contribution in [0.25, 0.3) is 0 Å². The van der Waals surface area contributed by atoms with Crippen molar-refractivity contribution in [3.05, 3.63) is 62.6 Å². The fourth-order valence-corrected chi connectivity index (χ4v) is 3.03. The third kappa shape index (κ3) is 3.20. The van der Waals surface area contributed by atoms with E-state index in [2.05, 4.69) is 5.32 Å². The first-order chi connectivity index (χ1) is 12.4. The van der Waals surface area contributed by atoms with Gasteiger partial charge in [0.2, 0.25) is 0 Å². The fourth-order valence-electron chi connectivity index (χ4n) is 3.03. The third-order valence-corrected chi connectivity index (χ3v) is 4.27. The summed E-state index contributed by atoms with van der Waals surface area (Å²) in [7, 11) is 0. The minimum atomic E-state index is -1.02. The molecule has 0 fully saturated rings. The number of rotatable bonds is 4. The molecule has 1 amide bonds. The molecule has 138 valence electrons. The number of hydrogen-bond acceptors (Lipinski definition) is 4. The highest BCUT2D eigenvalue weighted by Crippen LogP contribution is 2.28. The predicted octanol–water partition coefficient (Wildman–Crippen LogP) is 1.70.